The van der Waals surface area contributed by atoms with Crippen LogP contribution >= 0.6 is 0 Å². The Hall–Kier alpha value is -2.93. The Morgan fingerprint density at radius 1 is 1.03 bits per heavy atom. The molecule has 0 bridgehead atoms. The number of benzene rings is 2. The predicted octanol–water partition coefficient (Wildman–Crippen LogP) is 4.31. The number of ether oxygens (including phenoxy) is 4. The van der Waals surface area contributed by atoms with Crippen LogP contribution in [0.3, 0.4) is 0 Å². The van der Waals surface area contributed by atoms with Crippen molar-refractivity contribution in [2.45, 2.75) is 45.1 Å². The molecule has 3 rings (SSSR count). The Morgan fingerprint density at radius 2 is 1.66 bits per heavy atom. The van der Waals surface area contributed by atoms with Crippen molar-refractivity contribution >= 4 is 5.91 Å². The molecule has 32 heavy (non-hydrogen) atoms. The summed E-state index contributed by atoms with van der Waals surface area (Å²) < 4.78 is 22.8. The highest BCUT2D eigenvalue weighted by atomic mass is 16.5. The van der Waals surface area contributed by atoms with E-state index in [2.05, 4.69) is 12.2 Å². The smallest absolute Gasteiger partial charge is 0.255 e. The molecule has 7 heteroatoms. The van der Waals surface area contributed by atoms with Gasteiger partial charge in [-0.05, 0) is 56.3 Å². The van der Waals surface area contributed by atoms with Crippen LogP contribution < -0.4 is 30.0 Å². The van der Waals surface area contributed by atoms with Crippen molar-refractivity contribution in [1.29, 1.82) is 0 Å². The zero-order valence-corrected chi connectivity index (χ0v) is 19.4. The molecule has 0 aliphatic heterocycles. The molecule has 1 atom stereocenters. The predicted molar refractivity (Wildman–Crippen MR) is 124 cm³/mol. The molecule has 1 fully saturated rings. The molecule has 1 aliphatic rings. The van der Waals surface area contributed by atoms with Crippen molar-refractivity contribution in [2.24, 2.45) is 11.7 Å². The summed E-state index contributed by atoms with van der Waals surface area (Å²) >= 11 is 0. The summed E-state index contributed by atoms with van der Waals surface area (Å²) in [4.78, 5) is 13.2. The van der Waals surface area contributed by atoms with E-state index in [1.165, 1.54) is 34.2 Å². The van der Waals surface area contributed by atoms with Crippen LogP contribution in [0.1, 0.15) is 48.5 Å². The second-order valence-electron chi connectivity index (χ2n) is 8.11. The van der Waals surface area contributed by atoms with Gasteiger partial charge in [0.05, 0.1) is 26.9 Å². The first-order valence-corrected chi connectivity index (χ1v) is 11.1. The summed E-state index contributed by atoms with van der Waals surface area (Å²) in [5.74, 6) is 2.23. The average molecular weight is 443 g/mol. The minimum absolute atomic E-state index is 0.0715. The number of methoxy groups -OCH3 is 3. The Bertz CT molecular complexity index is 908. The maximum Gasteiger partial charge on any atom is 0.255 e. The number of hydrogen-bond donors (Lipinski definition) is 2. The van der Waals surface area contributed by atoms with Gasteiger partial charge in [0.15, 0.2) is 11.5 Å². The fraction of sp³-hybridized carbons (Fsp3) is 0.480. The van der Waals surface area contributed by atoms with Crippen molar-refractivity contribution in [2.75, 3.05) is 27.9 Å². The molecule has 174 valence electrons. The van der Waals surface area contributed by atoms with Crippen LogP contribution in [0.4, 0.5) is 0 Å². The third-order valence-electron chi connectivity index (χ3n) is 6.06. The van der Waals surface area contributed by atoms with Gasteiger partial charge in [0.2, 0.25) is 11.5 Å². The van der Waals surface area contributed by atoms with Crippen LogP contribution in [0.2, 0.25) is 0 Å². The molecule has 0 saturated heterocycles. The lowest BCUT2D eigenvalue weighted by Crippen LogP contribution is -2.37. The maximum absolute atomic E-state index is 13.2. The second-order valence-corrected chi connectivity index (χ2v) is 8.11. The van der Waals surface area contributed by atoms with Crippen LogP contribution in [0.25, 0.3) is 0 Å². The Balaban J connectivity index is 1.94. The summed E-state index contributed by atoms with van der Waals surface area (Å²) in [6.07, 6.45) is 5.50. The van der Waals surface area contributed by atoms with Gasteiger partial charge < -0.3 is 30.0 Å². The molecular formula is C25H34N2O5. The van der Waals surface area contributed by atoms with Gasteiger partial charge in [0.25, 0.3) is 5.91 Å². The fourth-order valence-electron chi connectivity index (χ4n) is 4.30. The molecule has 0 radical (unpaired) electrons. The van der Waals surface area contributed by atoms with E-state index >= 15 is 0 Å². The van der Waals surface area contributed by atoms with Crippen LogP contribution in [0.5, 0.6) is 28.7 Å². The highest BCUT2D eigenvalue weighted by Crippen LogP contribution is 2.48. The second kappa shape index (κ2) is 11.1. The first-order valence-electron chi connectivity index (χ1n) is 11.1. The topological polar surface area (TPSA) is 92.0 Å². The zero-order valence-electron chi connectivity index (χ0n) is 19.4. The maximum atomic E-state index is 13.2. The summed E-state index contributed by atoms with van der Waals surface area (Å²) in [5, 5.41) is 3.13. The van der Waals surface area contributed by atoms with E-state index in [1.807, 2.05) is 24.3 Å². The summed E-state index contributed by atoms with van der Waals surface area (Å²) in [7, 11) is 4.54. The van der Waals surface area contributed by atoms with Gasteiger partial charge >= 0.3 is 0 Å². The molecule has 0 heterocycles. The molecule has 2 aromatic rings. The first-order chi connectivity index (χ1) is 15.5. The standard InChI is InChI=1S/C25H34N2O5/c1-16(18-7-5-6-8-18)27-25(28)20-15-21(23(30-3)24(31-4)22(20)29-2)32-19-11-9-17(10-12-19)13-14-26/h9-12,15-16,18H,5-8,13-14,26H2,1-4H3,(H,27,28). The van der Waals surface area contributed by atoms with E-state index in [1.54, 1.807) is 6.07 Å². The number of nitrogens with one attached hydrogen (secondary N) is 1. The van der Waals surface area contributed by atoms with E-state index in [0.717, 1.165) is 24.8 Å². The van der Waals surface area contributed by atoms with Gasteiger partial charge in [-0.1, -0.05) is 25.0 Å². The number of amides is 1. The van der Waals surface area contributed by atoms with Crippen molar-refractivity contribution in [3.05, 3.63) is 41.5 Å². The molecule has 7 nitrogen and oxygen atoms in total. The quantitative estimate of drug-likeness (QED) is 0.570. The van der Waals surface area contributed by atoms with E-state index in [-0.39, 0.29) is 11.9 Å². The third-order valence-corrected chi connectivity index (χ3v) is 6.06. The van der Waals surface area contributed by atoms with Crippen molar-refractivity contribution < 1.29 is 23.7 Å². The number of carbonyl (C=O) groups excluding carboxylic acids is 1. The minimum atomic E-state index is -0.231. The van der Waals surface area contributed by atoms with Crippen molar-refractivity contribution in [3.8, 4) is 28.7 Å². The molecule has 3 N–H and O–H groups in total. The molecule has 0 aromatic heterocycles. The van der Waals surface area contributed by atoms with Crippen LogP contribution in [0.15, 0.2) is 30.3 Å². The van der Waals surface area contributed by atoms with Crippen LogP contribution in [-0.2, 0) is 6.42 Å². The largest absolute Gasteiger partial charge is 0.492 e. The summed E-state index contributed by atoms with van der Waals surface area (Å²) in [6.45, 7) is 2.64. The normalized spacial score (nSPS) is 14.7. The van der Waals surface area contributed by atoms with Gasteiger partial charge in [-0.25, -0.2) is 0 Å². The van der Waals surface area contributed by atoms with Crippen molar-refractivity contribution in [1.82, 2.24) is 5.32 Å². The Labute approximate surface area is 190 Å². The molecular weight excluding hydrogens is 408 g/mol. The lowest BCUT2D eigenvalue weighted by atomic mass is 9.99. The number of nitrogens with two attached hydrogens (primary N) is 1. The average Bonchev–Trinajstić information content (AvgIpc) is 3.34. The number of rotatable bonds is 10. The van der Waals surface area contributed by atoms with E-state index in [0.29, 0.717) is 46.8 Å². The number of carbonyl (C=O) groups is 1. The van der Waals surface area contributed by atoms with Gasteiger partial charge in [0, 0.05) is 12.1 Å². The number of hydrogen-bond acceptors (Lipinski definition) is 6. The highest BCUT2D eigenvalue weighted by Gasteiger charge is 2.28. The van der Waals surface area contributed by atoms with Gasteiger partial charge in [-0.3, -0.25) is 4.79 Å². The fourth-order valence-corrected chi connectivity index (χ4v) is 4.30. The van der Waals surface area contributed by atoms with Gasteiger partial charge in [-0.2, -0.15) is 0 Å². The molecule has 1 amide bonds. The van der Waals surface area contributed by atoms with Crippen LogP contribution in [-0.4, -0.2) is 39.8 Å². The Morgan fingerprint density at radius 3 is 2.22 bits per heavy atom. The zero-order chi connectivity index (χ0) is 23.1. The lowest BCUT2D eigenvalue weighted by molar-refractivity contribution is 0.0923. The Kier molecular flexibility index (Phi) is 8.22. The molecule has 1 saturated carbocycles. The molecule has 1 aliphatic carbocycles. The van der Waals surface area contributed by atoms with E-state index in [9.17, 15) is 4.79 Å². The van der Waals surface area contributed by atoms with Crippen molar-refractivity contribution in [3.63, 3.8) is 0 Å². The van der Waals surface area contributed by atoms with Crippen LogP contribution in [0, 0.1) is 5.92 Å². The summed E-state index contributed by atoms with van der Waals surface area (Å²) in [6, 6.07) is 9.37. The SMILES string of the molecule is COc1c(Oc2ccc(CCN)cc2)cc(C(=O)NC(C)C2CCCC2)c(OC)c1OC. The monoisotopic (exact) mass is 442 g/mol. The third kappa shape index (κ3) is 5.27. The lowest BCUT2D eigenvalue weighted by Gasteiger charge is -2.23. The molecule has 2 aromatic carbocycles. The first kappa shape index (κ1) is 23.7. The molecule has 1 unspecified atom stereocenters. The van der Waals surface area contributed by atoms with Gasteiger partial charge in [0.1, 0.15) is 5.75 Å². The highest BCUT2D eigenvalue weighted by molar-refractivity contribution is 5.99. The van der Waals surface area contributed by atoms with E-state index < -0.39 is 0 Å². The van der Waals surface area contributed by atoms with E-state index in [4.69, 9.17) is 24.7 Å². The molecule has 0 spiro atoms. The van der Waals surface area contributed by atoms with Gasteiger partial charge in [-0.15, -0.1) is 0 Å². The minimum Gasteiger partial charge on any atom is -0.492 e. The summed E-state index contributed by atoms with van der Waals surface area (Å²) in [5.41, 5.74) is 7.09.